The fraction of sp³-hybridized carbons (Fsp3) is 0.435. The fourth-order valence-electron chi connectivity index (χ4n) is 4.10. The molecule has 1 aromatic heterocycles. The number of hydrogen-bond donors (Lipinski definition) is 1. The van der Waals surface area contributed by atoms with Crippen molar-refractivity contribution in [2.24, 2.45) is 5.92 Å². The number of carboxylic acid groups (broad SMARTS) is 1. The summed E-state index contributed by atoms with van der Waals surface area (Å²) in [4.78, 5) is 31.2. The number of ether oxygens (including phenoxy) is 1. The van der Waals surface area contributed by atoms with Crippen LogP contribution < -0.4 is 9.64 Å². The van der Waals surface area contributed by atoms with E-state index in [0.29, 0.717) is 33.6 Å². The number of carbonyl (C=O) groups excluding carboxylic acids is 1. The number of amides is 1. The van der Waals surface area contributed by atoms with Crippen molar-refractivity contribution in [1.29, 1.82) is 0 Å². The second-order valence-corrected chi connectivity index (χ2v) is 8.25. The van der Waals surface area contributed by atoms with Gasteiger partial charge in [-0.3, -0.25) is 9.59 Å². The van der Waals surface area contributed by atoms with E-state index in [0.717, 1.165) is 24.0 Å². The molecule has 1 aliphatic rings. The molecule has 0 spiro atoms. The van der Waals surface area contributed by atoms with Crippen LogP contribution in [0, 0.1) is 26.7 Å². The Kier molecular flexibility index (Phi) is 6.36. The third-order valence-corrected chi connectivity index (χ3v) is 5.84. The van der Waals surface area contributed by atoms with Crippen molar-refractivity contribution < 1.29 is 19.4 Å². The quantitative estimate of drug-likeness (QED) is 0.634. The summed E-state index contributed by atoms with van der Waals surface area (Å²) in [6, 6.07) is 5.38. The Morgan fingerprint density at radius 1 is 1.23 bits per heavy atom. The number of carboxylic acids is 1. The second kappa shape index (κ2) is 8.64. The van der Waals surface area contributed by atoms with E-state index in [2.05, 4.69) is 4.98 Å². The van der Waals surface area contributed by atoms with Gasteiger partial charge in [0.2, 0.25) is 11.8 Å². The lowest BCUT2D eigenvalue weighted by Gasteiger charge is -2.38. The van der Waals surface area contributed by atoms with Gasteiger partial charge < -0.3 is 14.7 Å². The minimum absolute atomic E-state index is 0.0500. The molecular formula is C23H27ClN2O4. The number of fused-ring (bicyclic) bond motifs is 1. The highest BCUT2D eigenvalue weighted by Gasteiger charge is 2.41. The lowest BCUT2D eigenvalue weighted by molar-refractivity contribution is -0.146. The number of aliphatic carboxylic acids is 1. The summed E-state index contributed by atoms with van der Waals surface area (Å²) in [5.74, 6) is -1.69. The normalized spacial score (nSPS) is 16.0. The summed E-state index contributed by atoms with van der Waals surface area (Å²) in [6.45, 7) is 9.63. The first-order chi connectivity index (χ1) is 14.2. The van der Waals surface area contributed by atoms with Crippen molar-refractivity contribution in [3.63, 3.8) is 0 Å². The van der Waals surface area contributed by atoms with E-state index in [1.54, 1.807) is 4.90 Å². The monoisotopic (exact) mass is 430 g/mol. The number of rotatable bonds is 6. The highest BCUT2D eigenvalue weighted by atomic mass is 35.5. The van der Waals surface area contributed by atoms with Crippen molar-refractivity contribution in [1.82, 2.24) is 4.98 Å². The van der Waals surface area contributed by atoms with E-state index in [9.17, 15) is 14.7 Å². The molecule has 1 amide bonds. The van der Waals surface area contributed by atoms with E-state index >= 15 is 0 Å². The first-order valence-corrected chi connectivity index (χ1v) is 10.6. The minimum Gasteiger partial charge on any atom is -0.481 e. The van der Waals surface area contributed by atoms with Crippen LogP contribution in [0.4, 0.5) is 5.69 Å². The molecule has 3 rings (SSSR count). The number of aromatic nitrogens is 1. The van der Waals surface area contributed by atoms with E-state index < -0.39 is 11.9 Å². The molecule has 0 fully saturated rings. The molecule has 0 saturated carbocycles. The third-order valence-electron chi connectivity index (χ3n) is 5.62. The summed E-state index contributed by atoms with van der Waals surface area (Å²) in [5, 5.41) is 10.3. The average molecular weight is 431 g/mol. The van der Waals surface area contributed by atoms with Crippen molar-refractivity contribution >= 4 is 29.2 Å². The molecule has 0 bridgehead atoms. The molecule has 2 aromatic rings. The summed E-state index contributed by atoms with van der Waals surface area (Å²) in [6.07, 6.45) is 1.50. The number of nitrogens with zero attached hydrogens (tertiary/aromatic N) is 2. The molecular weight excluding hydrogens is 404 g/mol. The topological polar surface area (TPSA) is 79.7 Å². The van der Waals surface area contributed by atoms with Crippen molar-refractivity contribution in [3.05, 3.63) is 45.6 Å². The molecule has 1 N–H and O–H groups in total. The van der Waals surface area contributed by atoms with Crippen LogP contribution in [0.1, 0.15) is 49.1 Å². The predicted octanol–water partition coefficient (Wildman–Crippen LogP) is 5.23. The molecule has 2 heterocycles. The van der Waals surface area contributed by atoms with Crippen LogP contribution in [0.2, 0.25) is 5.02 Å². The number of aryl methyl sites for hydroxylation is 3. The van der Waals surface area contributed by atoms with Crippen LogP contribution in [0.3, 0.4) is 0 Å². The molecule has 30 heavy (non-hydrogen) atoms. The highest BCUT2D eigenvalue weighted by Crippen LogP contribution is 2.41. The van der Waals surface area contributed by atoms with Crippen molar-refractivity contribution in [3.8, 4) is 11.6 Å². The van der Waals surface area contributed by atoms with Gasteiger partial charge in [0, 0.05) is 28.7 Å². The number of pyridine rings is 1. The number of carbonyl (C=O) groups is 2. The van der Waals surface area contributed by atoms with Crippen LogP contribution in [-0.4, -0.2) is 28.0 Å². The zero-order chi connectivity index (χ0) is 22.2. The maximum absolute atomic E-state index is 13.1. The van der Waals surface area contributed by atoms with Gasteiger partial charge in [-0.15, -0.1) is 0 Å². The molecule has 160 valence electrons. The second-order valence-electron chi connectivity index (χ2n) is 7.81. The Morgan fingerprint density at radius 2 is 1.83 bits per heavy atom. The zero-order valence-electron chi connectivity index (χ0n) is 18.0. The molecule has 0 aliphatic carbocycles. The van der Waals surface area contributed by atoms with Crippen LogP contribution in [0.5, 0.6) is 11.6 Å². The van der Waals surface area contributed by atoms with Gasteiger partial charge in [-0.25, -0.2) is 4.98 Å². The lowest BCUT2D eigenvalue weighted by atomic mass is 9.90. The number of benzene rings is 1. The number of anilines is 1. The van der Waals surface area contributed by atoms with Crippen LogP contribution in [-0.2, 0) is 16.0 Å². The van der Waals surface area contributed by atoms with Gasteiger partial charge in [0.15, 0.2) is 0 Å². The third kappa shape index (κ3) is 4.01. The molecule has 1 aromatic carbocycles. The molecule has 0 saturated heterocycles. The van der Waals surface area contributed by atoms with E-state index in [4.69, 9.17) is 16.3 Å². The molecule has 1 aliphatic heterocycles. The SMILES string of the molecule is CCC(CC)N1C(=O)C(C(=O)O)Cc2c1cc(C)nc2Oc1c(C)cc(Cl)cc1C. The van der Waals surface area contributed by atoms with Crippen LogP contribution in [0.15, 0.2) is 18.2 Å². The Hall–Kier alpha value is -2.60. The van der Waals surface area contributed by atoms with Gasteiger partial charge in [-0.05, 0) is 62.9 Å². The predicted molar refractivity (Wildman–Crippen MR) is 117 cm³/mol. The molecule has 1 unspecified atom stereocenters. The highest BCUT2D eigenvalue weighted by molar-refractivity contribution is 6.30. The van der Waals surface area contributed by atoms with Crippen LogP contribution >= 0.6 is 11.6 Å². The van der Waals surface area contributed by atoms with Crippen LogP contribution in [0.25, 0.3) is 0 Å². The summed E-state index contributed by atoms with van der Waals surface area (Å²) >= 11 is 6.14. The minimum atomic E-state index is -1.16. The molecule has 7 heteroatoms. The Labute approximate surface area is 181 Å². The first kappa shape index (κ1) is 22.1. The zero-order valence-corrected chi connectivity index (χ0v) is 18.7. The molecule has 0 radical (unpaired) electrons. The molecule has 6 nitrogen and oxygen atoms in total. The van der Waals surface area contributed by atoms with Gasteiger partial charge in [0.05, 0.1) is 5.69 Å². The van der Waals surface area contributed by atoms with Gasteiger partial charge in [0.25, 0.3) is 0 Å². The molecule has 1 atom stereocenters. The standard InChI is InChI=1S/C23H27ClN2O4/c1-6-16(7-2)26-19-10-14(5)25-21(17(19)11-18(22(26)27)23(28)29)30-20-12(3)8-15(24)9-13(20)4/h8-10,16,18H,6-7,11H2,1-5H3,(H,28,29). The van der Waals surface area contributed by atoms with Gasteiger partial charge in [-0.2, -0.15) is 0 Å². The maximum atomic E-state index is 13.1. The Bertz CT molecular complexity index is 978. The summed E-state index contributed by atoms with van der Waals surface area (Å²) < 4.78 is 6.23. The largest absolute Gasteiger partial charge is 0.481 e. The Balaban J connectivity index is 2.18. The fourth-order valence-corrected chi connectivity index (χ4v) is 4.43. The van der Waals surface area contributed by atoms with Gasteiger partial charge >= 0.3 is 5.97 Å². The van der Waals surface area contributed by atoms with Crippen molar-refractivity contribution in [2.45, 2.75) is 59.9 Å². The Morgan fingerprint density at radius 3 is 2.37 bits per heavy atom. The van der Waals surface area contributed by atoms with E-state index in [1.807, 2.05) is 52.8 Å². The first-order valence-electron chi connectivity index (χ1n) is 10.2. The summed E-state index contributed by atoms with van der Waals surface area (Å²) in [5.41, 5.74) is 3.75. The smallest absolute Gasteiger partial charge is 0.316 e. The number of halogens is 1. The number of hydrogen-bond acceptors (Lipinski definition) is 4. The van der Waals surface area contributed by atoms with Crippen molar-refractivity contribution in [2.75, 3.05) is 4.90 Å². The van der Waals surface area contributed by atoms with E-state index in [1.165, 1.54) is 0 Å². The maximum Gasteiger partial charge on any atom is 0.316 e. The van der Waals surface area contributed by atoms with Gasteiger partial charge in [0.1, 0.15) is 11.7 Å². The van der Waals surface area contributed by atoms with Gasteiger partial charge in [-0.1, -0.05) is 25.4 Å². The average Bonchev–Trinajstić information content (AvgIpc) is 2.66. The van der Waals surface area contributed by atoms with E-state index in [-0.39, 0.29) is 18.4 Å². The lowest BCUT2D eigenvalue weighted by Crippen LogP contribution is -2.49. The summed E-state index contributed by atoms with van der Waals surface area (Å²) in [7, 11) is 0.